The average Bonchev–Trinajstić information content (AvgIpc) is 2.94. The minimum absolute atomic E-state index is 0.122. The Bertz CT molecular complexity index is 639. The van der Waals surface area contributed by atoms with Crippen molar-refractivity contribution in [2.24, 2.45) is 0 Å². The molecule has 0 unspecified atom stereocenters. The van der Waals surface area contributed by atoms with Gasteiger partial charge in [0.2, 0.25) is 5.91 Å². The van der Waals surface area contributed by atoms with Gasteiger partial charge in [-0.3, -0.25) is 4.79 Å². The highest BCUT2D eigenvalue weighted by molar-refractivity contribution is 7.09. The topological polar surface area (TPSA) is 42.4 Å². The fourth-order valence-electron chi connectivity index (χ4n) is 2.66. The fraction of sp³-hybridized carbons (Fsp3) is 0.375. The lowest BCUT2D eigenvalue weighted by Gasteiger charge is -2.29. The van der Waals surface area contributed by atoms with Crippen molar-refractivity contribution in [2.75, 3.05) is 18.6 Å². The first-order valence-electron chi connectivity index (χ1n) is 7.08. The zero-order valence-electron chi connectivity index (χ0n) is 12.0. The van der Waals surface area contributed by atoms with Crippen molar-refractivity contribution in [1.82, 2.24) is 4.98 Å². The van der Waals surface area contributed by atoms with Crippen LogP contribution in [0.5, 0.6) is 0 Å². The number of nitrogens with zero attached hydrogens (tertiary/aromatic N) is 2. The number of benzene rings is 1. The summed E-state index contributed by atoms with van der Waals surface area (Å²) in [5.74, 6) is 0.122. The van der Waals surface area contributed by atoms with E-state index in [-0.39, 0.29) is 5.91 Å². The smallest absolute Gasteiger partial charge is 0.233 e. The van der Waals surface area contributed by atoms with Crippen molar-refractivity contribution in [2.45, 2.75) is 25.9 Å². The Balaban J connectivity index is 1.74. The van der Waals surface area contributed by atoms with E-state index in [0.29, 0.717) is 13.0 Å². The van der Waals surface area contributed by atoms with Crippen LogP contribution in [-0.4, -0.2) is 24.5 Å². The number of fused-ring (bicyclic) bond motifs is 1. The maximum absolute atomic E-state index is 12.6. The number of carbonyl (C=O) groups excluding carboxylic acids is 1. The molecular formula is C16H18N2O2S. The molecule has 2 heterocycles. The maximum atomic E-state index is 12.6. The van der Waals surface area contributed by atoms with Crippen molar-refractivity contribution < 1.29 is 9.53 Å². The third-order valence-electron chi connectivity index (χ3n) is 3.61. The second-order valence-corrected chi connectivity index (χ2v) is 6.06. The van der Waals surface area contributed by atoms with Gasteiger partial charge in [0.05, 0.1) is 18.7 Å². The summed E-state index contributed by atoms with van der Waals surface area (Å²) in [6.07, 6.45) is 2.43. The number of aryl methyl sites for hydroxylation is 1. The molecule has 0 aliphatic carbocycles. The minimum Gasteiger partial charge on any atom is -0.378 e. The maximum Gasteiger partial charge on any atom is 0.233 e. The van der Waals surface area contributed by atoms with Crippen LogP contribution in [0.3, 0.4) is 0 Å². The zero-order valence-corrected chi connectivity index (χ0v) is 12.9. The number of aromatic nitrogens is 1. The molecule has 0 N–H and O–H groups in total. The second-order valence-electron chi connectivity index (χ2n) is 5.12. The summed E-state index contributed by atoms with van der Waals surface area (Å²) >= 11 is 1.54. The van der Waals surface area contributed by atoms with E-state index >= 15 is 0 Å². The fourth-order valence-corrected chi connectivity index (χ4v) is 3.43. The minimum atomic E-state index is 0.122. The Kier molecular flexibility index (Phi) is 4.31. The molecule has 3 rings (SSSR count). The summed E-state index contributed by atoms with van der Waals surface area (Å²) in [4.78, 5) is 18.9. The molecule has 1 aromatic heterocycles. The van der Waals surface area contributed by atoms with E-state index in [9.17, 15) is 4.79 Å². The zero-order chi connectivity index (χ0) is 14.7. The number of anilines is 1. The van der Waals surface area contributed by atoms with E-state index in [1.54, 1.807) is 18.4 Å². The first kappa shape index (κ1) is 14.2. The number of rotatable bonds is 4. The highest BCUT2D eigenvalue weighted by Gasteiger charge is 2.22. The molecule has 1 aliphatic rings. The molecule has 0 radical (unpaired) electrons. The number of para-hydroxylation sites is 1. The van der Waals surface area contributed by atoms with Gasteiger partial charge < -0.3 is 9.64 Å². The summed E-state index contributed by atoms with van der Waals surface area (Å²) in [6, 6.07) is 8.16. The van der Waals surface area contributed by atoms with Crippen LogP contribution in [0.1, 0.15) is 22.7 Å². The molecule has 1 amide bonds. The van der Waals surface area contributed by atoms with Crippen LogP contribution in [0.4, 0.5) is 5.69 Å². The average molecular weight is 302 g/mol. The summed E-state index contributed by atoms with van der Waals surface area (Å²) in [5, 5.41) is 2.86. The van der Waals surface area contributed by atoms with Gasteiger partial charge in [-0.2, -0.15) is 0 Å². The van der Waals surface area contributed by atoms with E-state index in [1.807, 2.05) is 28.5 Å². The Labute approximate surface area is 128 Å². The van der Waals surface area contributed by atoms with Crippen molar-refractivity contribution in [3.63, 3.8) is 0 Å². The number of hydrogen-bond donors (Lipinski definition) is 0. The molecule has 0 atom stereocenters. The van der Waals surface area contributed by atoms with Crippen LogP contribution in [0.15, 0.2) is 29.6 Å². The van der Waals surface area contributed by atoms with Crippen molar-refractivity contribution in [3.05, 3.63) is 45.9 Å². The molecule has 0 spiro atoms. The van der Waals surface area contributed by atoms with Crippen molar-refractivity contribution >= 4 is 22.9 Å². The molecule has 0 bridgehead atoms. The summed E-state index contributed by atoms with van der Waals surface area (Å²) in [7, 11) is 1.65. The van der Waals surface area contributed by atoms with Gasteiger partial charge in [-0.05, 0) is 24.5 Å². The molecule has 4 nitrogen and oxygen atoms in total. The van der Waals surface area contributed by atoms with E-state index in [2.05, 4.69) is 11.1 Å². The van der Waals surface area contributed by atoms with Gasteiger partial charge in [0.15, 0.2) is 0 Å². The van der Waals surface area contributed by atoms with Crippen LogP contribution >= 0.6 is 11.3 Å². The third kappa shape index (κ3) is 3.14. The predicted octanol–water partition coefficient (Wildman–Crippen LogP) is 2.81. The van der Waals surface area contributed by atoms with Crippen LogP contribution in [0, 0.1) is 0 Å². The number of thiazole rings is 1. The van der Waals surface area contributed by atoms with Gasteiger partial charge in [-0.15, -0.1) is 11.3 Å². The second kappa shape index (κ2) is 6.37. The summed E-state index contributed by atoms with van der Waals surface area (Å²) < 4.78 is 5.06. The number of hydrogen-bond acceptors (Lipinski definition) is 4. The molecule has 1 aromatic carbocycles. The third-order valence-corrected chi connectivity index (χ3v) is 4.48. The van der Waals surface area contributed by atoms with Crippen molar-refractivity contribution in [3.8, 4) is 0 Å². The lowest BCUT2D eigenvalue weighted by molar-refractivity contribution is -0.118. The van der Waals surface area contributed by atoms with Crippen molar-refractivity contribution in [1.29, 1.82) is 0 Å². The van der Waals surface area contributed by atoms with Gasteiger partial charge in [0.1, 0.15) is 5.01 Å². The molecule has 0 saturated carbocycles. The van der Waals surface area contributed by atoms with Gasteiger partial charge in [0.25, 0.3) is 0 Å². The Hall–Kier alpha value is -1.72. The molecule has 1 aliphatic heterocycles. The largest absolute Gasteiger partial charge is 0.378 e. The molecule has 0 fully saturated rings. The standard InChI is InChI=1S/C16H18N2O2S/c1-20-10-15-17-13(11-21-15)9-16(19)18-8-4-6-12-5-2-3-7-14(12)18/h2-3,5,7,11H,4,6,8-10H2,1H3. The lowest BCUT2D eigenvalue weighted by Crippen LogP contribution is -2.36. The SMILES string of the molecule is COCc1nc(CC(=O)N2CCCc3ccccc32)cs1. The van der Waals surface area contributed by atoms with Gasteiger partial charge in [-0.25, -0.2) is 4.98 Å². The van der Waals surface area contributed by atoms with Crippen LogP contribution in [0.25, 0.3) is 0 Å². The first-order valence-corrected chi connectivity index (χ1v) is 7.96. The first-order chi connectivity index (χ1) is 10.3. The highest BCUT2D eigenvalue weighted by Crippen LogP contribution is 2.27. The van der Waals surface area contributed by atoms with Crippen LogP contribution in [-0.2, 0) is 29.0 Å². The number of methoxy groups -OCH3 is 1. The normalized spacial score (nSPS) is 14.0. The molecule has 2 aromatic rings. The van der Waals surface area contributed by atoms with Gasteiger partial charge in [0, 0.05) is 24.7 Å². The molecule has 110 valence electrons. The number of carbonyl (C=O) groups is 1. The van der Waals surface area contributed by atoms with Gasteiger partial charge >= 0.3 is 0 Å². The van der Waals surface area contributed by atoms with E-state index in [0.717, 1.165) is 35.8 Å². The van der Waals surface area contributed by atoms with E-state index in [1.165, 1.54) is 5.56 Å². The predicted molar refractivity (Wildman–Crippen MR) is 83.6 cm³/mol. The summed E-state index contributed by atoms with van der Waals surface area (Å²) in [6.45, 7) is 1.30. The Morgan fingerprint density at radius 2 is 2.29 bits per heavy atom. The quantitative estimate of drug-likeness (QED) is 0.872. The molecular weight excluding hydrogens is 284 g/mol. The van der Waals surface area contributed by atoms with E-state index < -0.39 is 0 Å². The lowest BCUT2D eigenvalue weighted by atomic mass is 10.0. The van der Waals surface area contributed by atoms with Gasteiger partial charge in [-0.1, -0.05) is 18.2 Å². The Morgan fingerprint density at radius 3 is 3.14 bits per heavy atom. The highest BCUT2D eigenvalue weighted by atomic mass is 32.1. The molecule has 0 saturated heterocycles. The monoisotopic (exact) mass is 302 g/mol. The molecule has 21 heavy (non-hydrogen) atoms. The Morgan fingerprint density at radius 1 is 1.43 bits per heavy atom. The number of amides is 1. The molecule has 5 heteroatoms. The van der Waals surface area contributed by atoms with Crippen LogP contribution < -0.4 is 4.90 Å². The van der Waals surface area contributed by atoms with Crippen LogP contribution in [0.2, 0.25) is 0 Å². The number of ether oxygens (including phenoxy) is 1. The summed E-state index contributed by atoms with van der Waals surface area (Å²) in [5.41, 5.74) is 3.15. The van der Waals surface area contributed by atoms with E-state index in [4.69, 9.17) is 4.74 Å².